The second kappa shape index (κ2) is 9.35. The van der Waals surface area contributed by atoms with Crippen molar-refractivity contribution in [3.8, 4) is 0 Å². The first-order valence-corrected chi connectivity index (χ1v) is 11.5. The molecular weight excluding hydrogens is 376 g/mol. The van der Waals surface area contributed by atoms with Crippen molar-refractivity contribution < 1.29 is 13.2 Å². The number of carbonyl (C=O) groups is 1. The van der Waals surface area contributed by atoms with Crippen LogP contribution in [0.1, 0.15) is 36.8 Å². The summed E-state index contributed by atoms with van der Waals surface area (Å²) in [6.45, 7) is 4.49. The molecule has 2 saturated heterocycles. The SMILES string of the molecule is CN(C)S(=O)(=O)N1CCC[C@@H](C(=O)NCc2cccc(CN3CCCC3)c2)C1. The number of hydrogen-bond donors (Lipinski definition) is 1. The van der Waals surface area contributed by atoms with Gasteiger partial charge in [-0.2, -0.15) is 17.0 Å². The fourth-order valence-corrected chi connectivity index (χ4v) is 5.16. The Hall–Kier alpha value is -1.48. The van der Waals surface area contributed by atoms with E-state index in [0.717, 1.165) is 31.6 Å². The molecule has 8 heteroatoms. The summed E-state index contributed by atoms with van der Waals surface area (Å²) < 4.78 is 27.3. The molecule has 1 atom stereocenters. The molecule has 2 aliphatic heterocycles. The van der Waals surface area contributed by atoms with Crippen LogP contribution in [-0.2, 0) is 28.1 Å². The number of rotatable bonds is 7. The number of hydrogen-bond acceptors (Lipinski definition) is 4. The summed E-state index contributed by atoms with van der Waals surface area (Å²) in [6, 6.07) is 8.35. The molecule has 2 aliphatic rings. The van der Waals surface area contributed by atoms with Gasteiger partial charge < -0.3 is 5.32 Å². The molecule has 0 saturated carbocycles. The van der Waals surface area contributed by atoms with Gasteiger partial charge in [-0.15, -0.1) is 0 Å². The van der Waals surface area contributed by atoms with Gasteiger partial charge in [-0.3, -0.25) is 9.69 Å². The summed E-state index contributed by atoms with van der Waals surface area (Å²) >= 11 is 0. The largest absolute Gasteiger partial charge is 0.352 e. The number of likely N-dealkylation sites (tertiary alicyclic amines) is 1. The van der Waals surface area contributed by atoms with E-state index in [1.807, 2.05) is 12.1 Å². The van der Waals surface area contributed by atoms with Gasteiger partial charge in [0, 0.05) is 40.3 Å². The molecule has 2 heterocycles. The Bertz CT molecular complexity index is 775. The zero-order chi connectivity index (χ0) is 20.1. The highest BCUT2D eigenvalue weighted by Crippen LogP contribution is 2.21. The highest BCUT2D eigenvalue weighted by atomic mass is 32.2. The lowest BCUT2D eigenvalue weighted by atomic mass is 9.98. The van der Waals surface area contributed by atoms with Crippen molar-refractivity contribution in [2.24, 2.45) is 5.92 Å². The van der Waals surface area contributed by atoms with Gasteiger partial charge in [0.15, 0.2) is 0 Å². The Kier molecular flexibility index (Phi) is 7.09. The first-order chi connectivity index (χ1) is 13.4. The highest BCUT2D eigenvalue weighted by molar-refractivity contribution is 7.86. The lowest BCUT2D eigenvalue weighted by molar-refractivity contribution is -0.126. The summed E-state index contributed by atoms with van der Waals surface area (Å²) in [5.41, 5.74) is 2.35. The van der Waals surface area contributed by atoms with Gasteiger partial charge in [-0.25, -0.2) is 0 Å². The van der Waals surface area contributed by atoms with Crippen LogP contribution in [0.4, 0.5) is 0 Å². The first-order valence-electron chi connectivity index (χ1n) is 10.1. The Morgan fingerprint density at radius 1 is 1.14 bits per heavy atom. The summed E-state index contributed by atoms with van der Waals surface area (Å²) in [6.07, 6.45) is 3.98. The molecule has 28 heavy (non-hydrogen) atoms. The van der Waals surface area contributed by atoms with E-state index in [4.69, 9.17) is 0 Å². The molecule has 0 spiro atoms. The Morgan fingerprint density at radius 2 is 1.86 bits per heavy atom. The van der Waals surface area contributed by atoms with Gasteiger partial charge in [0.1, 0.15) is 0 Å². The zero-order valence-corrected chi connectivity index (χ0v) is 17.7. The van der Waals surface area contributed by atoms with Crippen LogP contribution in [0.3, 0.4) is 0 Å². The normalized spacial score (nSPS) is 21.9. The maximum absolute atomic E-state index is 12.6. The Morgan fingerprint density at radius 3 is 2.57 bits per heavy atom. The van der Waals surface area contributed by atoms with Gasteiger partial charge in [0.25, 0.3) is 10.2 Å². The van der Waals surface area contributed by atoms with E-state index in [1.165, 1.54) is 41.1 Å². The molecule has 0 aliphatic carbocycles. The van der Waals surface area contributed by atoms with Crippen LogP contribution in [0.25, 0.3) is 0 Å². The Labute approximate surface area is 168 Å². The van der Waals surface area contributed by atoms with Gasteiger partial charge in [0.05, 0.1) is 5.92 Å². The average Bonchev–Trinajstić information content (AvgIpc) is 3.19. The maximum atomic E-state index is 12.6. The van der Waals surface area contributed by atoms with Crippen LogP contribution >= 0.6 is 0 Å². The summed E-state index contributed by atoms with van der Waals surface area (Å²) in [4.78, 5) is 15.1. The van der Waals surface area contributed by atoms with Gasteiger partial charge in [-0.1, -0.05) is 24.3 Å². The number of amides is 1. The van der Waals surface area contributed by atoms with Crippen LogP contribution in [0.15, 0.2) is 24.3 Å². The zero-order valence-electron chi connectivity index (χ0n) is 16.9. The van der Waals surface area contributed by atoms with Gasteiger partial charge in [0.2, 0.25) is 5.91 Å². The van der Waals surface area contributed by atoms with E-state index in [1.54, 1.807) is 0 Å². The fraction of sp³-hybridized carbons (Fsp3) is 0.650. The second-order valence-corrected chi connectivity index (χ2v) is 10.2. The fourth-order valence-electron chi connectivity index (χ4n) is 3.97. The molecule has 2 fully saturated rings. The third-order valence-corrected chi connectivity index (χ3v) is 7.51. The number of nitrogens with zero attached hydrogens (tertiary/aromatic N) is 3. The van der Waals surface area contributed by atoms with Gasteiger partial charge >= 0.3 is 0 Å². The molecule has 0 aromatic heterocycles. The van der Waals surface area contributed by atoms with Crippen molar-refractivity contribution in [2.45, 2.75) is 38.8 Å². The van der Waals surface area contributed by atoms with Crippen LogP contribution < -0.4 is 5.32 Å². The monoisotopic (exact) mass is 408 g/mol. The molecule has 0 unspecified atom stereocenters. The molecule has 1 N–H and O–H groups in total. The minimum Gasteiger partial charge on any atom is -0.352 e. The third-order valence-electron chi connectivity index (χ3n) is 5.61. The number of piperidine rings is 1. The van der Waals surface area contributed by atoms with Crippen LogP contribution in [0.5, 0.6) is 0 Å². The minimum atomic E-state index is -3.47. The predicted molar refractivity (Wildman–Crippen MR) is 110 cm³/mol. The Balaban J connectivity index is 1.53. The van der Waals surface area contributed by atoms with Crippen LogP contribution in [0, 0.1) is 5.92 Å². The smallest absolute Gasteiger partial charge is 0.281 e. The van der Waals surface area contributed by atoms with Crippen molar-refractivity contribution in [3.63, 3.8) is 0 Å². The van der Waals surface area contributed by atoms with Crippen molar-refractivity contribution in [3.05, 3.63) is 35.4 Å². The van der Waals surface area contributed by atoms with E-state index >= 15 is 0 Å². The summed E-state index contributed by atoms with van der Waals surface area (Å²) in [5, 5.41) is 3.00. The molecule has 3 rings (SSSR count). The lowest BCUT2D eigenvalue weighted by Crippen LogP contribution is -2.48. The summed E-state index contributed by atoms with van der Waals surface area (Å²) in [5.74, 6) is -0.361. The molecule has 1 amide bonds. The quantitative estimate of drug-likeness (QED) is 0.741. The van der Waals surface area contributed by atoms with Crippen molar-refractivity contribution in [1.82, 2.24) is 18.8 Å². The minimum absolute atomic E-state index is 0.0661. The number of nitrogens with one attached hydrogen (secondary N) is 1. The van der Waals surface area contributed by atoms with Crippen LogP contribution in [-0.4, -0.2) is 68.1 Å². The van der Waals surface area contributed by atoms with Gasteiger partial charge in [-0.05, 0) is 49.9 Å². The molecule has 7 nitrogen and oxygen atoms in total. The van der Waals surface area contributed by atoms with E-state index in [2.05, 4.69) is 22.3 Å². The van der Waals surface area contributed by atoms with E-state index < -0.39 is 10.2 Å². The number of carbonyl (C=O) groups excluding carboxylic acids is 1. The molecule has 1 aromatic carbocycles. The molecular formula is C20H32N4O3S. The van der Waals surface area contributed by atoms with E-state index in [0.29, 0.717) is 19.5 Å². The topological polar surface area (TPSA) is 73.0 Å². The standard InChI is InChI=1S/C20H32N4O3S/c1-22(2)28(26,27)24-12-6-9-19(16-24)20(25)21-14-17-7-5-8-18(13-17)15-23-10-3-4-11-23/h5,7-8,13,19H,3-4,6,9-12,14-16H2,1-2H3,(H,21,25)/t19-/m1/s1. The first kappa shape index (κ1) is 21.2. The molecule has 0 radical (unpaired) electrons. The van der Waals surface area contributed by atoms with Crippen molar-refractivity contribution in [2.75, 3.05) is 40.3 Å². The maximum Gasteiger partial charge on any atom is 0.281 e. The third kappa shape index (κ3) is 5.31. The summed E-state index contributed by atoms with van der Waals surface area (Å²) in [7, 11) is -0.425. The van der Waals surface area contributed by atoms with Crippen molar-refractivity contribution >= 4 is 16.1 Å². The highest BCUT2D eigenvalue weighted by Gasteiger charge is 2.33. The number of benzene rings is 1. The van der Waals surface area contributed by atoms with E-state index in [-0.39, 0.29) is 18.4 Å². The predicted octanol–water partition coefficient (Wildman–Crippen LogP) is 1.42. The van der Waals surface area contributed by atoms with E-state index in [9.17, 15) is 13.2 Å². The van der Waals surface area contributed by atoms with Crippen molar-refractivity contribution in [1.29, 1.82) is 0 Å². The molecule has 1 aromatic rings. The average molecular weight is 409 g/mol. The molecule has 0 bridgehead atoms. The molecule has 156 valence electrons. The van der Waals surface area contributed by atoms with Crippen LogP contribution in [0.2, 0.25) is 0 Å². The lowest BCUT2D eigenvalue weighted by Gasteiger charge is -2.32. The second-order valence-electron chi connectivity index (χ2n) is 8.01.